The van der Waals surface area contributed by atoms with E-state index < -0.39 is 27.7 Å². The third kappa shape index (κ3) is 8.43. The van der Waals surface area contributed by atoms with E-state index in [0.717, 1.165) is 4.90 Å². The van der Waals surface area contributed by atoms with Crippen molar-refractivity contribution in [2.45, 2.75) is 22.8 Å². The maximum atomic E-state index is 13.5. The van der Waals surface area contributed by atoms with Gasteiger partial charge < -0.3 is 16.4 Å². The van der Waals surface area contributed by atoms with E-state index in [1.54, 1.807) is 66.7 Å². The number of primary amides is 1. The fourth-order valence-corrected chi connectivity index (χ4v) is 4.16. The first-order chi connectivity index (χ1) is 17.5. The number of hydrogen-bond donors (Lipinski definition) is 3. The molecule has 0 spiro atoms. The Balaban J connectivity index is 1.89. The second kappa shape index (κ2) is 12.9. The van der Waals surface area contributed by atoms with Crippen molar-refractivity contribution in [3.8, 4) is 0 Å². The van der Waals surface area contributed by atoms with E-state index in [1.807, 2.05) is 12.1 Å². The molecule has 7 nitrogen and oxygen atoms in total. The number of rotatable bonds is 8. The van der Waals surface area contributed by atoms with Gasteiger partial charge in [0.2, 0.25) is 21.5 Å². The summed E-state index contributed by atoms with van der Waals surface area (Å²) in [7, 11) is 0. The second-order valence-electron chi connectivity index (χ2n) is 7.97. The van der Waals surface area contributed by atoms with Gasteiger partial charge in [0.05, 0.1) is 12.8 Å². The number of nitrogens with one attached hydrogen (secondary N) is 2. The highest BCUT2D eigenvalue weighted by atomic mass is 35.6. The van der Waals surface area contributed by atoms with Gasteiger partial charge in [0, 0.05) is 11.3 Å². The van der Waals surface area contributed by atoms with E-state index in [0.29, 0.717) is 16.8 Å². The molecule has 11 heteroatoms. The van der Waals surface area contributed by atoms with E-state index in [2.05, 4.69) is 10.6 Å². The van der Waals surface area contributed by atoms with Gasteiger partial charge in [-0.25, -0.2) is 0 Å². The minimum atomic E-state index is -2.15. The van der Waals surface area contributed by atoms with Gasteiger partial charge in [0.1, 0.15) is 0 Å². The highest BCUT2D eigenvalue weighted by molar-refractivity contribution is 7.80. The molecule has 3 rings (SSSR count). The molecule has 3 aromatic rings. The lowest BCUT2D eigenvalue weighted by Gasteiger charge is -2.36. The van der Waals surface area contributed by atoms with Crippen LogP contribution in [0.4, 0.5) is 5.69 Å². The van der Waals surface area contributed by atoms with Crippen molar-refractivity contribution in [2.75, 3.05) is 5.32 Å². The molecule has 0 heterocycles. The quantitative estimate of drug-likeness (QED) is 0.205. The predicted octanol–water partition coefficient (Wildman–Crippen LogP) is 4.61. The number of alkyl halides is 3. The zero-order chi connectivity index (χ0) is 27.0. The number of nitrogens with two attached hydrogens (primary N) is 1. The molecule has 0 aliphatic carbocycles. The molecule has 0 bridgehead atoms. The topological polar surface area (TPSA) is 105 Å². The van der Waals surface area contributed by atoms with Crippen LogP contribution in [0.3, 0.4) is 0 Å². The molecular weight excluding hydrogens is 555 g/mol. The number of halogens is 3. The Morgan fingerprint density at radius 1 is 0.838 bits per heavy atom. The van der Waals surface area contributed by atoms with Crippen LogP contribution in [0, 0.1) is 0 Å². The molecule has 3 aromatic carbocycles. The van der Waals surface area contributed by atoms with Gasteiger partial charge in [-0.1, -0.05) is 102 Å². The third-order valence-corrected chi connectivity index (χ3v) is 6.01. The molecule has 1 atom stereocenters. The van der Waals surface area contributed by atoms with Crippen LogP contribution in [0.25, 0.3) is 0 Å². The molecule has 0 fully saturated rings. The largest absolute Gasteiger partial charge is 0.366 e. The third-order valence-electron chi connectivity index (χ3n) is 5.17. The average molecular weight is 578 g/mol. The molecule has 4 N–H and O–H groups in total. The predicted molar refractivity (Wildman–Crippen MR) is 151 cm³/mol. The fourth-order valence-electron chi connectivity index (χ4n) is 3.47. The molecule has 192 valence electrons. The monoisotopic (exact) mass is 576 g/mol. The molecule has 0 saturated carbocycles. The number of carbonyl (C=O) groups is 3. The first-order valence-electron chi connectivity index (χ1n) is 11.0. The van der Waals surface area contributed by atoms with E-state index in [9.17, 15) is 14.4 Å². The van der Waals surface area contributed by atoms with Crippen molar-refractivity contribution in [2.24, 2.45) is 5.73 Å². The van der Waals surface area contributed by atoms with Gasteiger partial charge in [0.15, 0.2) is 11.3 Å². The normalized spacial score (nSPS) is 11.8. The SMILES string of the molecule is NC(=O)c1cccc(NC(=S)NC(N(C(=O)Cc2ccccc2)C(=O)Cc2ccccc2)C(Cl)(Cl)Cl)c1. The summed E-state index contributed by atoms with van der Waals surface area (Å²) in [5.74, 6) is -1.80. The van der Waals surface area contributed by atoms with Crippen LogP contribution in [0.15, 0.2) is 84.9 Å². The van der Waals surface area contributed by atoms with Crippen molar-refractivity contribution >= 4 is 75.5 Å². The lowest BCUT2D eigenvalue weighted by Crippen LogP contribution is -2.60. The number of amides is 3. The molecule has 37 heavy (non-hydrogen) atoms. The van der Waals surface area contributed by atoms with Crippen LogP contribution in [0.1, 0.15) is 21.5 Å². The smallest absolute Gasteiger partial charge is 0.248 e. The Labute approximate surface area is 234 Å². The highest BCUT2D eigenvalue weighted by Gasteiger charge is 2.43. The highest BCUT2D eigenvalue weighted by Crippen LogP contribution is 2.33. The van der Waals surface area contributed by atoms with Gasteiger partial charge in [-0.3, -0.25) is 19.3 Å². The van der Waals surface area contributed by atoms with Crippen molar-refractivity contribution in [3.63, 3.8) is 0 Å². The van der Waals surface area contributed by atoms with Crippen LogP contribution in [0.2, 0.25) is 0 Å². The molecule has 1 unspecified atom stereocenters. The first kappa shape index (κ1) is 28.4. The number of thiocarbonyl (C=S) groups is 1. The Morgan fingerprint density at radius 3 is 1.81 bits per heavy atom. The van der Waals surface area contributed by atoms with Gasteiger partial charge in [0.25, 0.3) is 0 Å². The summed E-state index contributed by atoms with van der Waals surface area (Å²) in [6.45, 7) is 0. The Morgan fingerprint density at radius 2 is 1.35 bits per heavy atom. The van der Waals surface area contributed by atoms with Crippen LogP contribution in [0.5, 0.6) is 0 Å². The summed E-state index contributed by atoms with van der Waals surface area (Å²) in [4.78, 5) is 39.3. The summed E-state index contributed by atoms with van der Waals surface area (Å²) < 4.78 is -2.15. The average Bonchev–Trinajstić information content (AvgIpc) is 2.84. The van der Waals surface area contributed by atoms with Crippen LogP contribution in [-0.2, 0) is 22.4 Å². The first-order valence-corrected chi connectivity index (χ1v) is 12.6. The van der Waals surface area contributed by atoms with E-state index >= 15 is 0 Å². The zero-order valence-electron chi connectivity index (χ0n) is 19.4. The molecule has 0 aliphatic heterocycles. The van der Waals surface area contributed by atoms with Gasteiger partial charge in [-0.2, -0.15) is 0 Å². The van der Waals surface area contributed by atoms with Crippen molar-refractivity contribution in [1.29, 1.82) is 0 Å². The summed E-state index contributed by atoms with van der Waals surface area (Å²) in [6, 6.07) is 24.1. The van der Waals surface area contributed by atoms with Gasteiger partial charge in [-0.05, 0) is 41.5 Å². The number of anilines is 1. The Bertz CT molecular complexity index is 1220. The maximum Gasteiger partial charge on any atom is 0.248 e. The van der Waals surface area contributed by atoms with Gasteiger partial charge >= 0.3 is 0 Å². The maximum absolute atomic E-state index is 13.5. The molecule has 0 saturated heterocycles. The van der Waals surface area contributed by atoms with Crippen LogP contribution >= 0.6 is 47.0 Å². The molecular formula is C26H23Cl3N4O3S. The zero-order valence-corrected chi connectivity index (χ0v) is 22.5. The fraction of sp³-hybridized carbons (Fsp3) is 0.154. The summed E-state index contributed by atoms with van der Waals surface area (Å²) in [5.41, 5.74) is 7.37. The second-order valence-corrected chi connectivity index (χ2v) is 10.7. The number of nitrogens with zero attached hydrogens (tertiary/aromatic N) is 1. The summed E-state index contributed by atoms with van der Waals surface area (Å²) in [5, 5.41) is 5.59. The Kier molecular flexibility index (Phi) is 9.88. The van der Waals surface area contributed by atoms with E-state index in [-0.39, 0.29) is 23.5 Å². The number of imide groups is 1. The van der Waals surface area contributed by atoms with Crippen molar-refractivity contribution in [1.82, 2.24) is 10.2 Å². The molecule has 0 radical (unpaired) electrons. The summed E-state index contributed by atoms with van der Waals surface area (Å²) >= 11 is 24.2. The standard InChI is InChI=1S/C26H23Cl3N4O3S/c27-26(28,29)24(32-25(37)31-20-13-7-12-19(16-20)23(30)36)33(21(34)14-17-8-3-1-4-9-17)22(35)15-18-10-5-2-6-11-18/h1-13,16,24H,14-15H2,(H2,30,36)(H2,31,32,37). The lowest BCUT2D eigenvalue weighted by molar-refractivity contribution is -0.147. The van der Waals surface area contributed by atoms with Crippen molar-refractivity contribution < 1.29 is 14.4 Å². The van der Waals surface area contributed by atoms with E-state index in [4.69, 9.17) is 52.8 Å². The van der Waals surface area contributed by atoms with Crippen LogP contribution < -0.4 is 16.4 Å². The van der Waals surface area contributed by atoms with Crippen LogP contribution in [-0.4, -0.2) is 37.7 Å². The van der Waals surface area contributed by atoms with E-state index in [1.165, 1.54) is 6.07 Å². The van der Waals surface area contributed by atoms with Crippen molar-refractivity contribution in [3.05, 3.63) is 102 Å². The number of carbonyl (C=O) groups excluding carboxylic acids is 3. The summed E-state index contributed by atoms with van der Waals surface area (Å²) in [6.07, 6.45) is -1.67. The minimum Gasteiger partial charge on any atom is -0.366 e. The number of benzene rings is 3. The molecule has 0 aliphatic rings. The van der Waals surface area contributed by atoms with Gasteiger partial charge in [-0.15, -0.1) is 0 Å². The molecule has 0 aromatic heterocycles. The lowest BCUT2D eigenvalue weighted by atomic mass is 10.1. The minimum absolute atomic E-state index is 0.0528. The Hall–Kier alpha value is -3.17. The molecule has 3 amide bonds. The number of hydrogen-bond acceptors (Lipinski definition) is 4.